The summed E-state index contributed by atoms with van der Waals surface area (Å²) in [6.07, 6.45) is 2.18. The highest BCUT2D eigenvalue weighted by atomic mass is 35.5. The van der Waals surface area contributed by atoms with Gasteiger partial charge >= 0.3 is 0 Å². The lowest BCUT2D eigenvalue weighted by Gasteiger charge is -2.37. The number of piperidine rings is 1. The number of carbonyl (C=O) groups excluding carboxylic acids is 2. The van der Waals surface area contributed by atoms with E-state index in [1.165, 1.54) is 0 Å². The van der Waals surface area contributed by atoms with E-state index in [1.54, 1.807) is 7.11 Å². The zero-order valence-corrected chi connectivity index (χ0v) is 16.9. The maximum absolute atomic E-state index is 12.3. The number of H-pyrrole nitrogens is 1. The van der Waals surface area contributed by atoms with Crippen molar-refractivity contribution in [1.29, 1.82) is 0 Å². The van der Waals surface area contributed by atoms with Crippen LogP contribution in [-0.2, 0) is 9.53 Å². The van der Waals surface area contributed by atoms with Gasteiger partial charge in [-0.3, -0.25) is 14.7 Å². The molecule has 0 radical (unpaired) electrons. The van der Waals surface area contributed by atoms with Crippen LogP contribution in [0.1, 0.15) is 29.8 Å². The second-order valence-corrected chi connectivity index (χ2v) is 7.08. The molecule has 0 bridgehead atoms. The van der Waals surface area contributed by atoms with Gasteiger partial charge < -0.3 is 20.7 Å². The number of rotatable bonds is 8. The van der Waals surface area contributed by atoms with Gasteiger partial charge in [0.2, 0.25) is 5.91 Å². The molecule has 4 N–H and O–H groups in total. The number of benzene rings is 1. The molecule has 9 heteroatoms. The van der Waals surface area contributed by atoms with E-state index in [9.17, 15) is 9.59 Å². The van der Waals surface area contributed by atoms with E-state index in [2.05, 4.69) is 26.1 Å². The van der Waals surface area contributed by atoms with Crippen LogP contribution in [0.5, 0.6) is 0 Å². The third kappa shape index (κ3) is 5.43. The first-order valence-electron chi connectivity index (χ1n) is 9.31. The molecule has 0 spiro atoms. The molecule has 1 aromatic carbocycles. The number of aromatic amines is 1. The minimum absolute atomic E-state index is 0. The van der Waals surface area contributed by atoms with Gasteiger partial charge in [0.25, 0.3) is 5.91 Å². The third-order valence-electron chi connectivity index (χ3n) is 5.10. The molecule has 2 amide bonds. The van der Waals surface area contributed by atoms with Crippen molar-refractivity contribution in [2.45, 2.75) is 19.3 Å². The number of fused-ring (bicyclic) bond motifs is 1. The van der Waals surface area contributed by atoms with Gasteiger partial charge in [0, 0.05) is 37.4 Å². The molecule has 2 aromatic rings. The van der Waals surface area contributed by atoms with Gasteiger partial charge in [-0.25, -0.2) is 0 Å². The van der Waals surface area contributed by atoms with Crippen molar-refractivity contribution in [3.05, 3.63) is 30.0 Å². The summed E-state index contributed by atoms with van der Waals surface area (Å²) in [5.41, 5.74) is 1.15. The summed E-state index contributed by atoms with van der Waals surface area (Å²) in [4.78, 5) is 24.5. The van der Waals surface area contributed by atoms with Gasteiger partial charge in [0.1, 0.15) is 0 Å². The normalized spacial score (nSPS) is 15.6. The summed E-state index contributed by atoms with van der Waals surface area (Å²) in [5.74, 6) is -0.356. The van der Waals surface area contributed by atoms with Gasteiger partial charge in [-0.1, -0.05) is 18.2 Å². The lowest BCUT2D eigenvalue weighted by molar-refractivity contribution is -0.121. The molecule has 0 atom stereocenters. The number of nitrogens with zero attached hydrogens (tertiary/aromatic N) is 1. The predicted octanol–water partition coefficient (Wildman–Crippen LogP) is 1.24. The first-order valence-corrected chi connectivity index (χ1v) is 9.31. The fraction of sp³-hybridized carbons (Fsp3) is 0.526. The molecule has 3 rings (SSSR count). The average molecular weight is 410 g/mol. The Morgan fingerprint density at radius 1 is 1.21 bits per heavy atom. The van der Waals surface area contributed by atoms with E-state index in [0.29, 0.717) is 18.8 Å². The van der Waals surface area contributed by atoms with Crippen LogP contribution < -0.4 is 16.0 Å². The number of para-hydroxylation sites is 1. The summed E-state index contributed by atoms with van der Waals surface area (Å²) >= 11 is 0. The Morgan fingerprint density at radius 3 is 2.71 bits per heavy atom. The monoisotopic (exact) mass is 409 g/mol. The van der Waals surface area contributed by atoms with Crippen molar-refractivity contribution in [2.75, 3.05) is 39.9 Å². The Balaban J connectivity index is 0.00000280. The second-order valence-electron chi connectivity index (χ2n) is 7.08. The maximum atomic E-state index is 12.3. The highest BCUT2D eigenvalue weighted by Crippen LogP contribution is 2.28. The van der Waals surface area contributed by atoms with Crippen molar-refractivity contribution < 1.29 is 14.3 Å². The fourth-order valence-corrected chi connectivity index (χ4v) is 3.52. The summed E-state index contributed by atoms with van der Waals surface area (Å²) in [7, 11) is 1.69. The third-order valence-corrected chi connectivity index (χ3v) is 5.10. The number of aromatic nitrogens is 2. The molecule has 1 fully saturated rings. The second kappa shape index (κ2) is 10.4. The molecular weight excluding hydrogens is 382 g/mol. The van der Waals surface area contributed by atoms with E-state index in [0.717, 1.165) is 36.8 Å². The summed E-state index contributed by atoms with van der Waals surface area (Å²) in [6, 6.07) is 7.45. The number of hydrogen-bond acceptors (Lipinski definition) is 5. The van der Waals surface area contributed by atoms with Crippen LogP contribution in [-0.4, -0.2) is 61.9 Å². The summed E-state index contributed by atoms with van der Waals surface area (Å²) in [5, 5.41) is 16.8. The number of halogens is 1. The van der Waals surface area contributed by atoms with Gasteiger partial charge in [0.05, 0.1) is 12.1 Å². The van der Waals surface area contributed by atoms with E-state index in [4.69, 9.17) is 4.74 Å². The smallest absolute Gasteiger partial charge is 0.272 e. The van der Waals surface area contributed by atoms with Crippen LogP contribution >= 0.6 is 12.4 Å². The first kappa shape index (κ1) is 22.1. The molecule has 1 saturated heterocycles. The van der Waals surface area contributed by atoms with E-state index in [-0.39, 0.29) is 42.6 Å². The lowest BCUT2D eigenvalue weighted by Crippen LogP contribution is -2.47. The molecule has 8 nitrogen and oxygen atoms in total. The van der Waals surface area contributed by atoms with Crippen LogP contribution in [0.15, 0.2) is 24.3 Å². The standard InChI is InChI=1S/C19H27N5O3.ClH/c1-27-13-19(7-10-20-11-8-19)12-22-16(25)6-9-21-18(26)17-14-4-2-3-5-15(14)23-24-17;/h2-5,20H,6-13H2,1H3,(H,21,26)(H,22,25)(H,23,24);1H. The molecule has 2 heterocycles. The predicted molar refractivity (Wildman–Crippen MR) is 110 cm³/mol. The Kier molecular flexibility index (Phi) is 8.22. The lowest BCUT2D eigenvalue weighted by atomic mass is 9.79. The minimum Gasteiger partial charge on any atom is -0.384 e. The molecule has 0 aliphatic carbocycles. The molecular formula is C19H28ClN5O3. The van der Waals surface area contributed by atoms with E-state index in [1.807, 2.05) is 24.3 Å². The largest absolute Gasteiger partial charge is 0.384 e. The number of nitrogens with one attached hydrogen (secondary N) is 4. The van der Waals surface area contributed by atoms with E-state index < -0.39 is 0 Å². The maximum Gasteiger partial charge on any atom is 0.272 e. The number of ether oxygens (including phenoxy) is 1. The molecule has 1 aliphatic rings. The molecule has 0 unspecified atom stereocenters. The van der Waals surface area contributed by atoms with Gasteiger partial charge in [-0.2, -0.15) is 5.10 Å². The van der Waals surface area contributed by atoms with Crippen molar-refractivity contribution in [1.82, 2.24) is 26.1 Å². The van der Waals surface area contributed by atoms with Gasteiger partial charge in [-0.15, -0.1) is 12.4 Å². The highest BCUT2D eigenvalue weighted by Gasteiger charge is 2.32. The Bertz CT molecular complexity index is 783. The van der Waals surface area contributed by atoms with E-state index >= 15 is 0 Å². The number of hydrogen-bond donors (Lipinski definition) is 4. The molecule has 154 valence electrons. The fourth-order valence-electron chi connectivity index (χ4n) is 3.52. The SMILES string of the molecule is COCC1(CNC(=O)CCNC(=O)c2n[nH]c3ccccc23)CCNCC1.Cl. The van der Waals surface area contributed by atoms with Crippen LogP contribution in [0.2, 0.25) is 0 Å². The first-order chi connectivity index (χ1) is 13.1. The Morgan fingerprint density at radius 2 is 1.96 bits per heavy atom. The van der Waals surface area contributed by atoms with Crippen molar-refractivity contribution in [2.24, 2.45) is 5.41 Å². The number of amides is 2. The summed E-state index contributed by atoms with van der Waals surface area (Å²) < 4.78 is 5.36. The van der Waals surface area contributed by atoms with Crippen LogP contribution in [0, 0.1) is 5.41 Å². The van der Waals surface area contributed by atoms with Crippen LogP contribution in [0.25, 0.3) is 10.9 Å². The minimum atomic E-state index is -0.283. The van der Waals surface area contributed by atoms with Crippen molar-refractivity contribution in [3.63, 3.8) is 0 Å². The molecule has 1 aromatic heterocycles. The quantitative estimate of drug-likeness (QED) is 0.524. The topological polar surface area (TPSA) is 108 Å². The zero-order valence-electron chi connectivity index (χ0n) is 16.0. The number of methoxy groups -OCH3 is 1. The Hall–Kier alpha value is -2.16. The molecule has 0 saturated carbocycles. The highest BCUT2D eigenvalue weighted by molar-refractivity contribution is 6.04. The Labute approximate surface area is 170 Å². The van der Waals surface area contributed by atoms with Crippen molar-refractivity contribution >= 4 is 35.1 Å². The zero-order chi connectivity index (χ0) is 19.1. The van der Waals surface area contributed by atoms with Gasteiger partial charge in [-0.05, 0) is 32.0 Å². The van der Waals surface area contributed by atoms with Crippen molar-refractivity contribution in [3.8, 4) is 0 Å². The van der Waals surface area contributed by atoms with Gasteiger partial charge in [0.15, 0.2) is 5.69 Å². The van der Waals surface area contributed by atoms with Crippen LogP contribution in [0.3, 0.4) is 0 Å². The molecule has 1 aliphatic heterocycles. The molecule has 28 heavy (non-hydrogen) atoms. The average Bonchev–Trinajstić information content (AvgIpc) is 3.12. The number of carbonyl (C=O) groups is 2. The summed E-state index contributed by atoms with van der Waals surface area (Å²) in [6.45, 7) is 3.38. The van der Waals surface area contributed by atoms with Crippen LogP contribution in [0.4, 0.5) is 0 Å².